The molecule has 1 N–H and O–H groups in total. The van der Waals surface area contributed by atoms with E-state index in [4.69, 9.17) is 4.42 Å². The highest BCUT2D eigenvalue weighted by Crippen LogP contribution is 2.40. The van der Waals surface area contributed by atoms with Gasteiger partial charge in [-0.3, -0.25) is 4.79 Å². The maximum Gasteiger partial charge on any atom is 0.349 e. The van der Waals surface area contributed by atoms with E-state index in [1.54, 1.807) is 11.0 Å². The molecule has 2 aliphatic heterocycles. The molecule has 6 heteroatoms. The van der Waals surface area contributed by atoms with Crippen LogP contribution in [-0.4, -0.2) is 47.2 Å². The van der Waals surface area contributed by atoms with E-state index in [-0.39, 0.29) is 23.1 Å². The number of likely N-dealkylation sites (tertiary alicyclic amines) is 1. The molecule has 1 saturated heterocycles. The van der Waals surface area contributed by atoms with E-state index in [0.29, 0.717) is 31.5 Å². The third-order valence-electron chi connectivity index (χ3n) is 6.13. The predicted octanol–water partition coefficient (Wildman–Crippen LogP) is 3.41. The normalized spacial score (nSPS) is 19.3. The van der Waals surface area contributed by atoms with Crippen molar-refractivity contribution >= 4 is 28.1 Å². The predicted molar refractivity (Wildman–Crippen MR) is 114 cm³/mol. The number of carbonyl (C=O) groups excluding carboxylic acids is 1. The van der Waals surface area contributed by atoms with Crippen molar-refractivity contribution in [1.29, 1.82) is 0 Å². The minimum absolute atomic E-state index is 0.0546. The lowest BCUT2D eigenvalue weighted by molar-refractivity contribution is 0.0543. The number of benzene rings is 1. The first kappa shape index (κ1) is 19.7. The number of aliphatic hydroxyl groups excluding tert-OH is 1. The molecule has 1 aromatic carbocycles. The third kappa shape index (κ3) is 3.35. The standard InChI is InChI=1S/C23H28N2O4/c1-5-25-19-12-20-15(10-17(19)14(2)13-23(25,3)4)11-18(22(28)29-20)21(27)24-8-6-16(26)7-9-24/h10-13,16,26H,5-9H2,1-4H3. The van der Waals surface area contributed by atoms with E-state index in [1.165, 1.54) is 5.57 Å². The Morgan fingerprint density at radius 1 is 1.24 bits per heavy atom. The molecule has 0 saturated carbocycles. The molecule has 1 amide bonds. The molecule has 6 nitrogen and oxygen atoms in total. The van der Waals surface area contributed by atoms with Crippen LogP contribution in [0.15, 0.2) is 33.5 Å². The van der Waals surface area contributed by atoms with Crippen LogP contribution in [0.25, 0.3) is 16.5 Å². The van der Waals surface area contributed by atoms with Gasteiger partial charge in [0.15, 0.2) is 0 Å². The van der Waals surface area contributed by atoms with E-state index in [1.807, 2.05) is 12.1 Å². The summed E-state index contributed by atoms with van der Waals surface area (Å²) in [5, 5.41) is 10.4. The van der Waals surface area contributed by atoms with Crippen molar-refractivity contribution in [3.63, 3.8) is 0 Å². The summed E-state index contributed by atoms with van der Waals surface area (Å²) in [7, 11) is 0. The second-order valence-corrected chi connectivity index (χ2v) is 8.60. The van der Waals surface area contributed by atoms with Crippen LogP contribution in [0.5, 0.6) is 0 Å². The minimum atomic E-state index is -0.612. The number of fused-ring (bicyclic) bond motifs is 2. The molecule has 0 atom stereocenters. The summed E-state index contributed by atoms with van der Waals surface area (Å²) in [5.74, 6) is -0.325. The fraction of sp³-hybridized carbons (Fsp3) is 0.478. The van der Waals surface area contributed by atoms with Gasteiger partial charge in [-0.15, -0.1) is 0 Å². The Balaban J connectivity index is 1.79. The maximum absolute atomic E-state index is 12.9. The maximum atomic E-state index is 12.9. The first-order chi connectivity index (χ1) is 13.7. The lowest BCUT2D eigenvalue weighted by Gasteiger charge is -2.42. The van der Waals surface area contributed by atoms with Crippen molar-refractivity contribution < 1.29 is 14.3 Å². The molecule has 2 aromatic rings. The van der Waals surface area contributed by atoms with Gasteiger partial charge in [0.2, 0.25) is 0 Å². The van der Waals surface area contributed by atoms with Crippen LogP contribution in [0.4, 0.5) is 5.69 Å². The van der Waals surface area contributed by atoms with E-state index in [0.717, 1.165) is 23.2 Å². The second kappa shape index (κ2) is 7.02. The van der Waals surface area contributed by atoms with Gasteiger partial charge in [-0.1, -0.05) is 6.08 Å². The van der Waals surface area contributed by atoms with Gasteiger partial charge in [0, 0.05) is 42.3 Å². The van der Waals surface area contributed by atoms with Crippen molar-refractivity contribution in [2.24, 2.45) is 0 Å². The average molecular weight is 396 g/mol. The number of hydrogen-bond acceptors (Lipinski definition) is 5. The zero-order chi connectivity index (χ0) is 20.9. The van der Waals surface area contributed by atoms with Crippen LogP contribution in [0, 0.1) is 0 Å². The monoisotopic (exact) mass is 396 g/mol. The lowest BCUT2D eigenvalue weighted by Crippen LogP contribution is -2.44. The highest BCUT2D eigenvalue weighted by molar-refractivity contribution is 5.98. The summed E-state index contributed by atoms with van der Waals surface area (Å²) in [4.78, 5) is 29.4. The Morgan fingerprint density at radius 3 is 2.59 bits per heavy atom. The molecular formula is C23H28N2O4. The van der Waals surface area contributed by atoms with Gasteiger partial charge in [-0.2, -0.15) is 0 Å². The molecule has 0 spiro atoms. The topological polar surface area (TPSA) is 74.0 Å². The average Bonchev–Trinajstić information content (AvgIpc) is 2.66. The molecule has 0 unspecified atom stereocenters. The van der Waals surface area contributed by atoms with Gasteiger partial charge in [0.1, 0.15) is 11.1 Å². The molecule has 2 aliphatic rings. The summed E-state index contributed by atoms with van der Waals surface area (Å²) in [6, 6.07) is 5.57. The van der Waals surface area contributed by atoms with Crippen LogP contribution in [0.1, 0.15) is 56.5 Å². The van der Waals surface area contributed by atoms with Crippen LogP contribution in [0.2, 0.25) is 0 Å². The van der Waals surface area contributed by atoms with Gasteiger partial charge in [-0.05, 0) is 58.2 Å². The van der Waals surface area contributed by atoms with Crippen molar-refractivity contribution in [3.8, 4) is 0 Å². The quantitative estimate of drug-likeness (QED) is 0.788. The fourth-order valence-electron chi connectivity index (χ4n) is 4.66. The van der Waals surface area contributed by atoms with Crippen LogP contribution in [-0.2, 0) is 0 Å². The highest BCUT2D eigenvalue weighted by Gasteiger charge is 2.31. The number of anilines is 1. The van der Waals surface area contributed by atoms with E-state index >= 15 is 0 Å². The zero-order valence-electron chi connectivity index (χ0n) is 17.5. The number of carbonyl (C=O) groups is 1. The molecule has 1 fully saturated rings. The number of allylic oxidation sites excluding steroid dienone is 1. The zero-order valence-corrected chi connectivity index (χ0v) is 17.5. The Kier molecular flexibility index (Phi) is 4.77. The van der Waals surface area contributed by atoms with E-state index < -0.39 is 5.63 Å². The molecule has 29 heavy (non-hydrogen) atoms. The van der Waals surface area contributed by atoms with Crippen LogP contribution < -0.4 is 10.5 Å². The van der Waals surface area contributed by atoms with E-state index in [9.17, 15) is 14.7 Å². The Hall–Kier alpha value is -2.60. The first-order valence-electron chi connectivity index (χ1n) is 10.3. The number of aliphatic hydroxyl groups is 1. The Labute approximate surface area is 170 Å². The molecular weight excluding hydrogens is 368 g/mol. The minimum Gasteiger partial charge on any atom is -0.422 e. The number of piperidine rings is 1. The molecule has 0 aliphatic carbocycles. The van der Waals surface area contributed by atoms with Gasteiger partial charge in [0.05, 0.1) is 11.6 Å². The van der Waals surface area contributed by atoms with Gasteiger partial charge >= 0.3 is 5.63 Å². The first-order valence-corrected chi connectivity index (χ1v) is 10.3. The highest BCUT2D eigenvalue weighted by atomic mass is 16.4. The number of hydrogen-bond donors (Lipinski definition) is 1. The summed E-state index contributed by atoms with van der Waals surface area (Å²) in [6.45, 7) is 10.3. The SMILES string of the molecule is CCN1c2cc3oc(=O)c(C(=O)N4CCC(O)CC4)cc3cc2C(C)=CC1(C)C. The fourth-order valence-corrected chi connectivity index (χ4v) is 4.66. The molecule has 0 bridgehead atoms. The van der Waals surface area contributed by atoms with Crippen LogP contribution >= 0.6 is 0 Å². The van der Waals surface area contributed by atoms with Crippen molar-refractivity contribution in [2.45, 2.75) is 52.2 Å². The van der Waals surface area contributed by atoms with Gasteiger partial charge in [0.25, 0.3) is 5.91 Å². The lowest BCUT2D eigenvalue weighted by atomic mass is 9.88. The smallest absolute Gasteiger partial charge is 0.349 e. The number of nitrogens with zero attached hydrogens (tertiary/aromatic N) is 2. The molecule has 154 valence electrons. The summed E-state index contributed by atoms with van der Waals surface area (Å²) in [6.07, 6.45) is 2.93. The van der Waals surface area contributed by atoms with Crippen molar-refractivity contribution in [2.75, 3.05) is 24.5 Å². The Bertz CT molecular complexity index is 1060. The summed E-state index contributed by atoms with van der Waals surface area (Å²) in [5.41, 5.74) is 3.10. The molecule has 3 heterocycles. The number of amides is 1. The van der Waals surface area contributed by atoms with Gasteiger partial charge < -0.3 is 19.3 Å². The second-order valence-electron chi connectivity index (χ2n) is 8.60. The molecule has 1 aromatic heterocycles. The molecule has 4 rings (SSSR count). The third-order valence-corrected chi connectivity index (χ3v) is 6.13. The van der Waals surface area contributed by atoms with Crippen LogP contribution in [0.3, 0.4) is 0 Å². The largest absolute Gasteiger partial charge is 0.422 e. The van der Waals surface area contributed by atoms with Crippen molar-refractivity contribution in [1.82, 2.24) is 4.90 Å². The Morgan fingerprint density at radius 2 is 1.93 bits per heavy atom. The number of likely N-dealkylation sites (N-methyl/N-ethyl adjacent to an activating group) is 1. The van der Waals surface area contributed by atoms with Gasteiger partial charge in [-0.25, -0.2) is 4.79 Å². The number of rotatable bonds is 2. The summed E-state index contributed by atoms with van der Waals surface area (Å²) >= 11 is 0. The summed E-state index contributed by atoms with van der Waals surface area (Å²) < 4.78 is 5.59. The van der Waals surface area contributed by atoms with E-state index in [2.05, 4.69) is 38.7 Å². The van der Waals surface area contributed by atoms with Crippen molar-refractivity contribution in [3.05, 3.63) is 45.8 Å². The molecule has 0 radical (unpaired) electrons.